The third-order valence-electron chi connectivity index (χ3n) is 7.16. The highest BCUT2D eigenvalue weighted by molar-refractivity contribution is 5.78. The van der Waals surface area contributed by atoms with Gasteiger partial charge in [0.2, 0.25) is 5.91 Å². The Kier molecular flexibility index (Phi) is 11.4. The van der Waals surface area contributed by atoms with Crippen molar-refractivity contribution in [1.29, 1.82) is 0 Å². The molecule has 0 N–H and O–H groups in total. The summed E-state index contributed by atoms with van der Waals surface area (Å²) in [6.07, 6.45) is 2.48. The highest BCUT2D eigenvalue weighted by atomic mass is 16.2. The molecule has 2 aromatic carbocycles. The summed E-state index contributed by atoms with van der Waals surface area (Å²) in [4.78, 5) is 20.3. The molecule has 0 bridgehead atoms. The van der Waals surface area contributed by atoms with E-state index in [9.17, 15) is 4.79 Å². The van der Waals surface area contributed by atoms with Gasteiger partial charge in [-0.15, -0.1) is 0 Å². The summed E-state index contributed by atoms with van der Waals surface area (Å²) in [7, 11) is 8.38. The first-order chi connectivity index (χ1) is 17.2. The maximum Gasteiger partial charge on any atom is 0.223 e. The van der Waals surface area contributed by atoms with E-state index in [1.807, 2.05) is 0 Å². The van der Waals surface area contributed by atoms with Gasteiger partial charge in [-0.25, -0.2) is 0 Å². The Morgan fingerprint density at radius 1 is 0.622 bits per heavy atom. The average Bonchev–Trinajstić information content (AvgIpc) is 2.80. The number of carbonyl (C=O) groups is 1. The SMILES string of the molecule is CN(C)CCCN(CCCN(C)C)C(=O)CC(c1ccc(C(C)(C)C)cc1)c1ccc(C(C)(C)C)cc1. The minimum atomic E-state index is 0.0423. The molecule has 0 fully saturated rings. The van der Waals surface area contributed by atoms with Crippen LogP contribution in [0.2, 0.25) is 0 Å². The summed E-state index contributed by atoms with van der Waals surface area (Å²) < 4.78 is 0. The summed E-state index contributed by atoms with van der Waals surface area (Å²) in [6.45, 7) is 17.1. The third-order valence-corrected chi connectivity index (χ3v) is 7.16. The normalized spacial score (nSPS) is 12.6. The van der Waals surface area contributed by atoms with Crippen molar-refractivity contribution >= 4 is 5.91 Å². The summed E-state index contributed by atoms with van der Waals surface area (Å²) in [6, 6.07) is 17.9. The molecule has 0 unspecified atom stereocenters. The molecule has 0 atom stereocenters. The highest BCUT2D eigenvalue weighted by Gasteiger charge is 2.24. The van der Waals surface area contributed by atoms with Crippen molar-refractivity contribution in [3.05, 3.63) is 70.8 Å². The molecule has 4 heteroatoms. The van der Waals surface area contributed by atoms with Gasteiger partial charge in [0.05, 0.1) is 0 Å². The molecule has 0 aliphatic heterocycles. The number of rotatable bonds is 12. The van der Waals surface area contributed by atoms with Gasteiger partial charge < -0.3 is 14.7 Å². The first-order valence-electron chi connectivity index (χ1n) is 14.0. The second-order valence-electron chi connectivity index (χ2n) is 13.2. The van der Waals surface area contributed by atoms with Crippen molar-refractivity contribution in [2.45, 2.75) is 77.6 Å². The Hall–Kier alpha value is -2.17. The van der Waals surface area contributed by atoms with E-state index in [0.717, 1.165) is 39.0 Å². The van der Waals surface area contributed by atoms with Crippen LogP contribution in [-0.4, -0.2) is 75.0 Å². The van der Waals surface area contributed by atoms with Crippen LogP contribution >= 0.6 is 0 Å². The Morgan fingerprint density at radius 3 is 1.27 bits per heavy atom. The van der Waals surface area contributed by atoms with Gasteiger partial charge in [-0.1, -0.05) is 90.1 Å². The van der Waals surface area contributed by atoms with Crippen LogP contribution in [0.15, 0.2) is 48.5 Å². The molecule has 2 aromatic rings. The molecule has 0 radical (unpaired) electrons. The monoisotopic (exact) mass is 507 g/mol. The molecule has 37 heavy (non-hydrogen) atoms. The quantitative estimate of drug-likeness (QED) is 0.326. The van der Waals surface area contributed by atoms with Crippen LogP contribution in [0, 0.1) is 0 Å². The summed E-state index contributed by atoms with van der Waals surface area (Å²) in [5.74, 6) is 0.294. The molecule has 0 aromatic heterocycles. The van der Waals surface area contributed by atoms with E-state index in [-0.39, 0.29) is 22.7 Å². The lowest BCUT2D eigenvalue weighted by molar-refractivity contribution is -0.131. The van der Waals surface area contributed by atoms with Crippen LogP contribution in [0.25, 0.3) is 0 Å². The van der Waals surface area contributed by atoms with Crippen molar-refractivity contribution in [3.63, 3.8) is 0 Å². The van der Waals surface area contributed by atoms with E-state index in [1.54, 1.807) is 0 Å². The van der Waals surface area contributed by atoms with E-state index in [4.69, 9.17) is 0 Å². The summed E-state index contributed by atoms with van der Waals surface area (Å²) in [5, 5.41) is 0. The van der Waals surface area contributed by atoms with Gasteiger partial charge >= 0.3 is 0 Å². The average molecular weight is 508 g/mol. The lowest BCUT2D eigenvalue weighted by Gasteiger charge is -2.28. The van der Waals surface area contributed by atoms with Gasteiger partial charge in [-0.05, 0) is 87.2 Å². The van der Waals surface area contributed by atoms with E-state index in [1.165, 1.54) is 22.3 Å². The molecule has 0 aliphatic carbocycles. The molecule has 4 nitrogen and oxygen atoms in total. The minimum Gasteiger partial charge on any atom is -0.343 e. The van der Waals surface area contributed by atoms with Crippen molar-refractivity contribution in [2.75, 3.05) is 54.4 Å². The van der Waals surface area contributed by atoms with Gasteiger partial charge in [-0.2, -0.15) is 0 Å². The van der Waals surface area contributed by atoms with Crippen molar-refractivity contribution in [2.24, 2.45) is 0 Å². The lowest BCUT2D eigenvalue weighted by atomic mass is 9.81. The topological polar surface area (TPSA) is 26.8 Å². The second-order valence-corrected chi connectivity index (χ2v) is 13.2. The Labute approximate surface area is 228 Å². The highest BCUT2D eigenvalue weighted by Crippen LogP contribution is 2.33. The Balaban J connectivity index is 2.35. The molecule has 206 valence electrons. The first kappa shape index (κ1) is 31.1. The van der Waals surface area contributed by atoms with E-state index in [2.05, 4.69) is 133 Å². The molecule has 0 spiro atoms. The smallest absolute Gasteiger partial charge is 0.223 e. The predicted octanol–water partition coefficient (Wildman–Crippen LogP) is 6.54. The third kappa shape index (κ3) is 10.2. The maximum atomic E-state index is 13.8. The van der Waals surface area contributed by atoms with Crippen molar-refractivity contribution < 1.29 is 4.79 Å². The first-order valence-corrected chi connectivity index (χ1v) is 14.0. The standard InChI is InChI=1S/C33H53N3O/c1-32(2,3)28-17-13-26(14-18-28)30(27-15-19-29(20-16-27)33(4,5)6)25-31(37)36(23-11-21-34(7)8)24-12-22-35(9)10/h13-20,30H,11-12,21-25H2,1-10H3. The Bertz CT molecular complexity index is 876. The molecule has 0 aliphatic rings. The van der Waals surface area contributed by atoms with Crippen LogP contribution < -0.4 is 0 Å². The Morgan fingerprint density at radius 2 is 0.973 bits per heavy atom. The molecule has 1 amide bonds. The fourth-order valence-electron chi connectivity index (χ4n) is 4.68. The van der Waals surface area contributed by atoms with Gasteiger partial charge in [-0.3, -0.25) is 4.79 Å². The molecular formula is C33H53N3O. The maximum absolute atomic E-state index is 13.8. The van der Waals surface area contributed by atoms with Gasteiger partial charge in [0.1, 0.15) is 0 Å². The van der Waals surface area contributed by atoms with Crippen LogP contribution in [0.3, 0.4) is 0 Å². The molecule has 0 saturated carbocycles. The largest absolute Gasteiger partial charge is 0.343 e. The van der Waals surface area contributed by atoms with Crippen molar-refractivity contribution in [3.8, 4) is 0 Å². The van der Waals surface area contributed by atoms with E-state index in [0.29, 0.717) is 6.42 Å². The number of benzene rings is 2. The van der Waals surface area contributed by atoms with Crippen LogP contribution in [0.4, 0.5) is 0 Å². The molecule has 0 heterocycles. The molecule has 2 rings (SSSR count). The van der Waals surface area contributed by atoms with Crippen LogP contribution in [0.5, 0.6) is 0 Å². The van der Waals surface area contributed by atoms with Crippen LogP contribution in [0.1, 0.15) is 89.0 Å². The molecule has 0 saturated heterocycles. The van der Waals surface area contributed by atoms with Gasteiger partial charge in [0.15, 0.2) is 0 Å². The minimum absolute atomic E-state index is 0.0423. The summed E-state index contributed by atoms with van der Waals surface area (Å²) >= 11 is 0. The van der Waals surface area contributed by atoms with Crippen molar-refractivity contribution in [1.82, 2.24) is 14.7 Å². The fourth-order valence-corrected chi connectivity index (χ4v) is 4.68. The number of hydrogen-bond donors (Lipinski definition) is 0. The second kappa shape index (κ2) is 13.6. The zero-order valence-corrected chi connectivity index (χ0v) is 25.4. The molecular weight excluding hydrogens is 454 g/mol. The number of nitrogens with zero attached hydrogens (tertiary/aromatic N) is 3. The van der Waals surface area contributed by atoms with E-state index >= 15 is 0 Å². The zero-order chi connectivity index (χ0) is 27.8. The van der Waals surface area contributed by atoms with E-state index < -0.39 is 0 Å². The van der Waals surface area contributed by atoms with Gasteiger partial charge in [0, 0.05) is 25.4 Å². The lowest BCUT2D eigenvalue weighted by Crippen LogP contribution is -2.36. The number of amides is 1. The van der Waals surface area contributed by atoms with Gasteiger partial charge in [0.25, 0.3) is 0 Å². The zero-order valence-electron chi connectivity index (χ0n) is 25.4. The number of hydrogen-bond acceptors (Lipinski definition) is 3. The summed E-state index contributed by atoms with van der Waals surface area (Å²) in [5.41, 5.74) is 5.27. The fraction of sp³-hybridized carbons (Fsp3) is 0.606. The van der Waals surface area contributed by atoms with Crippen LogP contribution in [-0.2, 0) is 15.6 Å². The number of carbonyl (C=O) groups excluding carboxylic acids is 1. The predicted molar refractivity (Wildman–Crippen MR) is 160 cm³/mol.